The molecule has 1 rings (SSSR count). The van der Waals surface area contributed by atoms with Gasteiger partial charge in [-0.05, 0) is 38.5 Å². The molecule has 18 heavy (non-hydrogen) atoms. The quantitative estimate of drug-likeness (QED) is 0.453. The molecule has 1 fully saturated rings. The molecule has 1 saturated carbocycles. The SMILES string of the molecule is CCCCCCCCCC1CCC(OCC)CC1. The van der Waals surface area contributed by atoms with Gasteiger partial charge in [-0.3, -0.25) is 0 Å². The summed E-state index contributed by atoms with van der Waals surface area (Å²) in [6.45, 7) is 5.30. The van der Waals surface area contributed by atoms with Gasteiger partial charge in [0.15, 0.2) is 0 Å². The third-order valence-corrected chi connectivity index (χ3v) is 4.41. The molecule has 0 bridgehead atoms. The maximum atomic E-state index is 5.71. The van der Waals surface area contributed by atoms with Crippen LogP contribution in [0.5, 0.6) is 0 Å². The van der Waals surface area contributed by atoms with Gasteiger partial charge in [-0.2, -0.15) is 0 Å². The first-order valence-corrected chi connectivity index (χ1v) is 8.48. The van der Waals surface area contributed by atoms with Crippen LogP contribution in [0.3, 0.4) is 0 Å². The van der Waals surface area contributed by atoms with Crippen molar-refractivity contribution in [3.63, 3.8) is 0 Å². The van der Waals surface area contributed by atoms with Crippen LogP contribution in [-0.4, -0.2) is 12.7 Å². The topological polar surface area (TPSA) is 9.23 Å². The molecule has 1 aliphatic carbocycles. The van der Waals surface area contributed by atoms with E-state index in [1.807, 2.05) is 0 Å². The first-order valence-electron chi connectivity index (χ1n) is 8.48. The number of ether oxygens (including phenoxy) is 1. The number of rotatable bonds is 10. The fraction of sp³-hybridized carbons (Fsp3) is 1.00. The van der Waals surface area contributed by atoms with Crippen molar-refractivity contribution in [1.82, 2.24) is 0 Å². The van der Waals surface area contributed by atoms with Gasteiger partial charge in [-0.25, -0.2) is 0 Å². The Kier molecular flexibility index (Phi) is 9.65. The average Bonchev–Trinajstić information content (AvgIpc) is 2.40. The zero-order valence-electron chi connectivity index (χ0n) is 12.8. The molecule has 0 saturated heterocycles. The Labute approximate surface area is 115 Å². The minimum Gasteiger partial charge on any atom is -0.379 e. The van der Waals surface area contributed by atoms with E-state index in [0.29, 0.717) is 6.10 Å². The van der Waals surface area contributed by atoms with Gasteiger partial charge in [0.25, 0.3) is 0 Å². The second kappa shape index (κ2) is 10.8. The van der Waals surface area contributed by atoms with Crippen LogP contribution in [0.1, 0.15) is 90.9 Å². The minimum absolute atomic E-state index is 0.584. The zero-order valence-corrected chi connectivity index (χ0v) is 12.8. The van der Waals surface area contributed by atoms with Crippen LogP contribution in [-0.2, 0) is 4.74 Å². The molecule has 0 N–H and O–H groups in total. The number of unbranched alkanes of at least 4 members (excludes halogenated alkanes) is 6. The van der Waals surface area contributed by atoms with Crippen LogP contribution in [0.15, 0.2) is 0 Å². The summed E-state index contributed by atoms with van der Waals surface area (Å²) in [4.78, 5) is 0. The van der Waals surface area contributed by atoms with E-state index in [0.717, 1.165) is 12.5 Å². The van der Waals surface area contributed by atoms with Crippen LogP contribution in [0.2, 0.25) is 0 Å². The summed E-state index contributed by atoms with van der Waals surface area (Å²) in [5.41, 5.74) is 0. The average molecular weight is 254 g/mol. The van der Waals surface area contributed by atoms with Crippen LogP contribution < -0.4 is 0 Å². The second-order valence-electron chi connectivity index (χ2n) is 6.01. The summed E-state index contributed by atoms with van der Waals surface area (Å²) in [7, 11) is 0. The maximum Gasteiger partial charge on any atom is 0.0575 e. The highest BCUT2D eigenvalue weighted by atomic mass is 16.5. The predicted molar refractivity (Wildman–Crippen MR) is 80.0 cm³/mol. The Balaban J connectivity index is 1.88. The molecule has 0 unspecified atom stereocenters. The first kappa shape index (κ1) is 16.0. The molecule has 1 aliphatic rings. The summed E-state index contributed by atoms with van der Waals surface area (Å²) in [5, 5.41) is 0. The third-order valence-electron chi connectivity index (χ3n) is 4.41. The van der Waals surface area contributed by atoms with Gasteiger partial charge in [-0.15, -0.1) is 0 Å². The lowest BCUT2D eigenvalue weighted by Gasteiger charge is -2.28. The fourth-order valence-corrected chi connectivity index (χ4v) is 3.21. The Morgan fingerprint density at radius 3 is 2.00 bits per heavy atom. The Morgan fingerprint density at radius 2 is 1.39 bits per heavy atom. The van der Waals surface area contributed by atoms with Gasteiger partial charge in [0.1, 0.15) is 0 Å². The van der Waals surface area contributed by atoms with Gasteiger partial charge in [0, 0.05) is 6.61 Å². The van der Waals surface area contributed by atoms with Crippen molar-refractivity contribution in [3.05, 3.63) is 0 Å². The molecular weight excluding hydrogens is 220 g/mol. The minimum atomic E-state index is 0.584. The van der Waals surface area contributed by atoms with E-state index in [9.17, 15) is 0 Å². The summed E-state index contributed by atoms with van der Waals surface area (Å²) in [5.74, 6) is 1.01. The van der Waals surface area contributed by atoms with Gasteiger partial charge in [0.05, 0.1) is 6.10 Å². The van der Waals surface area contributed by atoms with Crippen molar-refractivity contribution in [2.75, 3.05) is 6.61 Å². The van der Waals surface area contributed by atoms with E-state index in [1.54, 1.807) is 0 Å². The van der Waals surface area contributed by atoms with Crippen LogP contribution >= 0.6 is 0 Å². The van der Waals surface area contributed by atoms with Crippen LogP contribution in [0.4, 0.5) is 0 Å². The molecule has 0 aromatic heterocycles. The smallest absolute Gasteiger partial charge is 0.0575 e. The summed E-state index contributed by atoms with van der Waals surface area (Å²) in [6, 6.07) is 0. The molecule has 1 heteroatoms. The lowest BCUT2D eigenvalue weighted by Crippen LogP contribution is -2.21. The second-order valence-corrected chi connectivity index (χ2v) is 6.01. The maximum absolute atomic E-state index is 5.71. The van der Waals surface area contributed by atoms with Crippen molar-refractivity contribution in [1.29, 1.82) is 0 Å². The van der Waals surface area contributed by atoms with Crippen LogP contribution in [0, 0.1) is 5.92 Å². The largest absolute Gasteiger partial charge is 0.379 e. The lowest BCUT2D eigenvalue weighted by atomic mass is 9.84. The highest BCUT2D eigenvalue weighted by Crippen LogP contribution is 2.30. The summed E-state index contributed by atoms with van der Waals surface area (Å²) >= 11 is 0. The molecule has 0 aromatic rings. The Morgan fingerprint density at radius 1 is 0.778 bits per heavy atom. The molecular formula is C17H34O. The molecule has 0 spiro atoms. The molecule has 0 heterocycles. The van der Waals surface area contributed by atoms with E-state index in [2.05, 4.69) is 13.8 Å². The predicted octanol–water partition coefficient (Wildman–Crippen LogP) is 5.72. The van der Waals surface area contributed by atoms with E-state index in [-0.39, 0.29) is 0 Å². The van der Waals surface area contributed by atoms with Crippen molar-refractivity contribution in [2.45, 2.75) is 97.0 Å². The monoisotopic (exact) mass is 254 g/mol. The normalized spacial score (nSPS) is 24.3. The van der Waals surface area contributed by atoms with Gasteiger partial charge in [0.2, 0.25) is 0 Å². The lowest BCUT2D eigenvalue weighted by molar-refractivity contribution is 0.0245. The van der Waals surface area contributed by atoms with Gasteiger partial charge >= 0.3 is 0 Å². The highest BCUT2D eigenvalue weighted by Gasteiger charge is 2.20. The molecule has 0 atom stereocenters. The number of hydrogen-bond acceptors (Lipinski definition) is 1. The van der Waals surface area contributed by atoms with Crippen molar-refractivity contribution in [2.24, 2.45) is 5.92 Å². The van der Waals surface area contributed by atoms with Crippen molar-refractivity contribution < 1.29 is 4.74 Å². The molecule has 0 radical (unpaired) electrons. The Bertz CT molecular complexity index is 170. The fourth-order valence-electron chi connectivity index (χ4n) is 3.21. The van der Waals surface area contributed by atoms with E-state index >= 15 is 0 Å². The summed E-state index contributed by atoms with van der Waals surface area (Å²) < 4.78 is 5.71. The molecule has 0 amide bonds. The van der Waals surface area contributed by atoms with E-state index in [4.69, 9.17) is 4.74 Å². The third kappa shape index (κ3) is 7.41. The number of hydrogen-bond donors (Lipinski definition) is 0. The summed E-state index contributed by atoms with van der Waals surface area (Å²) in [6.07, 6.45) is 17.6. The zero-order chi connectivity index (χ0) is 13.1. The van der Waals surface area contributed by atoms with Crippen molar-refractivity contribution >= 4 is 0 Å². The molecule has 0 aromatic carbocycles. The van der Waals surface area contributed by atoms with E-state index < -0.39 is 0 Å². The highest BCUT2D eigenvalue weighted by molar-refractivity contribution is 4.72. The molecule has 0 aliphatic heterocycles. The van der Waals surface area contributed by atoms with Gasteiger partial charge < -0.3 is 4.74 Å². The van der Waals surface area contributed by atoms with Crippen molar-refractivity contribution in [3.8, 4) is 0 Å². The first-order chi connectivity index (χ1) is 8.86. The molecule has 108 valence electrons. The Hall–Kier alpha value is -0.0400. The van der Waals surface area contributed by atoms with Crippen LogP contribution in [0.25, 0.3) is 0 Å². The van der Waals surface area contributed by atoms with Gasteiger partial charge in [-0.1, -0.05) is 58.3 Å². The molecule has 1 nitrogen and oxygen atoms in total. The van der Waals surface area contributed by atoms with E-state index in [1.165, 1.54) is 77.0 Å². The standard InChI is InChI=1S/C17H34O/c1-3-5-6-7-8-9-10-11-16-12-14-17(15-13-16)18-4-2/h16-17H,3-15H2,1-2H3.